The molecule has 2 saturated carbocycles. The van der Waals surface area contributed by atoms with E-state index in [2.05, 4.69) is 53.5 Å². The first kappa shape index (κ1) is 15.8. The molecule has 2 aromatic rings. The fourth-order valence-electron chi connectivity index (χ4n) is 5.66. The van der Waals surface area contributed by atoms with Crippen molar-refractivity contribution in [2.75, 3.05) is 5.01 Å². The minimum Gasteiger partial charge on any atom is -0.299 e. The third kappa shape index (κ3) is 1.94. The molecule has 0 saturated heterocycles. The van der Waals surface area contributed by atoms with Crippen molar-refractivity contribution in [3.05, 3.63) is 66.2 Å². The molecular weight excluding hydrogens is 320 g/mol. The van der Waals surface area contributed by atoms with Crippen molar-refractivity contribution in [3.8, 4) is 0 Å². The molecular formula is C23H24N2O. The molecule has 2 atom stereocenters. The topological polar surface area (TPSA) is 32.7 Å². The highest BCUT2D eigenvalue weighted by Gasteiger charge is 2.68. The number of carbonyl (C=O) groups excluding carboxylic acids is 1. The van der Waals surface area contributed by atoms with Crippen LogP contribution in [0, 0.1) is 5.41 Å². The molecule has 2 aromatic carbocycles. The van der Waals surface area contributed by atoms with E-state index < -0.39 is 5.41 Å². The van der Waals surface area contributed by atoms with E-state index >= 15 is 0 Å². The van der Waals surface area contributed by atoms with Gasteiger partial charge < -0.3 is 0 Å². The number of para-hydroxylation sites is 1. The molecule has 3 heteroatoms. The van der Waals surface area contributed by atoms with E-state index in [1.165, 1.54) is 0 Å². The molecule has 0 N–H and O–H groups in total. The van der Waals surface area contributed by atoms with Gasteiger partial charge in [0.2, 0.25) is 0 Å². The van der Waals surface area contributed by atoms with Crippen LogP contribution in [0.1, 0.15) is 50.5 Å². The van der Waals surface area contributed by atoms with E-state index in [1.807, 2.05) is 12.1 Å². The number of nitrogens with zero attached hydrogens (tertiary/aromatic N) is 2. The Morgan fingerprint density at radius 3 is 2.27 bits per heavy atom. The van der Waals surface area contributed by atoms with Crippen molar-refractivity contribution >= 4 is 17.2 Å². The highest BCUT2D eigenvalue weighted by atomic mass is 16.1. The molecule has 1 heterocycles. The number of rotatable bonds is 2. The zero-order valence-electron chi connectivity index (χ0n) is 15.0. The Kier molecular flexibility index (Phi) is 3.53. The van der Waals surface area contributed by atoms with Crippen molar-refractivity contribution in [3.63, 3.8) is 0 Å². The van der Waals surface area contributed by atoms with Gasteiger partial charge in [-0.2, -0.15) is 5.10 Å². The fourth-order valence-corrected chi connectivity index (χ4v) is 5.66. The molecule has 1 aliphatic heterocycles. The van der Waals surface area contributed by atoms with Crippen LogP contribution in [0.25, 0.3) is 0 Å². The standard InChI is InChI=1S/C23H24N2O/c26-20-14-7-8-15-22-16-9-17-23(20,22)21(18-10-3-1-4-11-18)24-25(22)19-12-5-2-6-13-19/h1-6,10-13H,7-9,14-17H2. The third-order valence-corrected chi connectivity index (χ3v) is 6.71. The molecule has 0 amide bonds. The van der Waals surface area contributed by atoms with E-state index in [1.54, 1.807) is 0 Å². The number of hydrogen-bond donors (Lipinski definition) is 0. The summed E-state index contributed by atoms with van der Waals surface area (Å²) in [5.74, 6) is 0.411. The average Bonchev–Trinajstić information content (AvgIpc) is 3.15. The summed E-state index contributed by atoms with van der Waals surface area (Å²) in [6, 6.07) is 20.8. The van der Waals surface area contributed by atoms with E-state index in [4.69, 9.17) is 5.10 Å². The van der Waals surface area contributed by atoms with Crippen molar-refractivity contribution in [2.45, 2.75) is 50.5 Å². The quantitative estimate of drug-likeness (QED) is 0.771. The number of Topliss-reactive ketones (excluding diaryl/α,β-unsaturated/α-hetero) is 1. The second-order valence-corrected chi connectivity index (χ2v) is 7.88. The lowest BCUT2D eigenvalue weighted by molar-refractivity contribution is -0.126. The summed E-state index contributed by atoms with van der Waals surface area (Å²) in [5, 5.41) is 7.39. The lowest BCUT2D eigenvalue weighted by Crippen LogP contribution is -2.56. The third-order valence-electron chi connectivity index (χ3n) is 6.71. The highest BCUT2D eigenvalue weighted by molar-refractivity contribution is 6.21. The fraction of sp³-hybridized carbons (Fsp3) is 0.391. The van der Waals surface area contributed by atoms with Crippen LogP contribution in [0.2, 0.25) is 0 Å². The van der Waals surface area contributed by atoms with Gasteiger partial charge in [0, 0.05) is 6.42 Å². The Balaban J connectivity index is 1.77. The molecule has 2 fully saturated rings. The second kappa shape index (κ2) is 5.80. The van der Waals surface area contributed by atoms with Gasteiger partial charge in [0.15, 0.2) is 0 Å². The van der Waals surface area contributed by atoms with Gasteiger partial charge in [-0.05, 0) is 49.8 Å². The van der Waals surface area contributed by atoms with E-state index in [0.717, 1.165) is 55.5 Å². The van der Waals surface area contributed by atoms with Gasteiger partial charge in [0.25, 0.3) is 0 Å². The molecule has 3 aliphatic rings. The Bertz CT molecular complexity index is 860. The Hall–Kier alpha value is -2.42. The summed E-state index contributed by atoms with van der Waals surface area (Å²) in [6.07, 6.45) is 6.93. The number of carbonyl (C=O) groups is 1. The first-order chi connectivity index (χ1) is 12.8. The average molecular weight is 344 g/mol. The number of ketones is 1. The largest absolute Gasteiger partial charge is 0.299 e. The molecule has 2 aliphatic carbocycles. The summed E-state index contributed by atoms with van der Waals surface area (Å²) >= 11 is 0. The van der Waals surface area contributed by atoms with Crippen molar-refractivity contribution in [2.24, 2.45) is 10.5 Å². The van der Waals surface area contributed by atoms with Gasteiger partial charge in [-0.15, -0.1) is 0 Å². The van der Waals surface area contributed by atoms with Crippen LogP contribution < -0.4 is 5.01 Å². The molecule has 5 rings (SSSR count). The molecule has 0 aromatic heterocycles. The zero-order chi connectivity index (χ0) is 17.6. The van der Waals surface area contributed by atoms with E-state index in [-0.39, 0.29) is 5.54 Å². The van der Waals surface area contributed by atoms with Gasteiger partial charge in [-0.3, -0.25) is 9.80 Å². The van der Waals surface area contributed by atoms with Gasteiger partial charge >= 0.3 is 0 Å². The SMILES string of the molecule is O=C1CCCCC23CCCC12C(c1ccccc1)=NN3c1ccccc1. The number of hydrazone groups is 1. The smallest absolute Gasteiger partial charge is 0.147 e. The zero-order valence-corrected chi connectivity index (χ0v) is 15.0. The maximum Gasteiger partial charge on any atom is 0.147 e. The Labute approximate surface area is 154 Å². The molecule has 26 heavy (non-hydrogen) atoms. The lowest BCUT2D eigenvalue weighted by atomic mass is 9.64. The number of hydrogen-bond acceptors (Lipinski definition) is 3. The van der Waals surface area contributed by atoms with Gasteiger partial charge in [-0.25, -0.2) is 0 Å². The summed E-state index contributed by atoms with van der Waals surface area (Å²) in [7, 11) is 0. The predicted octanol–water partition coefficient (Wildman–Crippen LogP) is 4.96. The van der Waals surface area contributed by atoms with E-state index in [9.17, 15) is 4.79 Å². The summed E-state index contributed by atoms with van der Waals surface area (Å²) in [4.78, 5) is 13.5. The van der Waals surface area contributed by atoms with Crippen LogP contribution in [0.3, 0.4) is 0 Å². The van der Waals surface area contributed by atoms with Gasteiger partial charge in [0.1, 0.15) is 5.78 Å². The highest BCUT2D eigenvalue weighted by Crippen LogP contribution is 2.61. The van der Waals surface area contributed by atoms with Crippen LogP contribution in [0.5, 0.6) is 0 Å². The lowest BCUT2D eigenvalue weighted by Gasteiger charge is -2.43. The maximum atomic E-state index is 13.5. The van der Waals surface area contributed by atoms with Crippen molar-refractivity contribution in [1.29, 1.82) is 0 Å². The van der Waals surface area contributed by atoms with Crippen LogP contribution >= 0.6 is 0 Å². The Morgan fingerprint density at radius 1 is 0.808 bits per heavy atom. The van der Waals surface area contributed by atoms with Crippen LogP contribution in [-0.2, 0) is 4.79 Å². The normalized spacial score (nSPS) is 30.5. The van der Waals surface area contributed by atoms with Crippen molar-refractivity contribution < 1.29 is 4.79 Å². The van der Waals surface area contributed by atoms with Crippen LogP contribution in [0.15, 0.2) is 65.8 Å². The molecule has 132 valence electrons. The van der Waals surface area contributed by atoms with E-state index in [0.29, 0.717) is 12.2 Å². The predicted molar refractivity (Wildman–Crippen MR) is 104 cm³/mol. The molecule has 0 radical (unpaired) electrons. The summed E-state index contributed by atoms with van der Waals surface area (Å²) in [5.41, 5.74) is 2.59. The summed E-state index contributed by atoms with van der Waals surface area (Å²) < 4.78 is 0. The minimum atomic E-state index is -0.444. The van der Waals surface area contributed by atoms with Crippen LogP contribution in [-0.4, -0.2) is 17.0 Å². The first-order valence-electron chi connectivity index (χ1n) is 9.81. The van der Waals surface area contributed by atoms with Gasteiger partial charge in [0.05, 0.1) is 22.4 Å². The summed E-state index contributed by atoms with van der Waals surface area (Å²) in [6.45, 7) is 0. The first-order valence-corrected chi connectivity index (χ1v) is 9.81. The molecule has 0 bridgehead atoms. The van der Waals surface area contributed by atoms with Gasteiger partial charge in [-0.1, -0.05) is 55.0 Å². The second-order valence-electron chi connectivity index (χ2n) is 7.88. The Morgan fingerprint density at radius 2 is 1.50 bits per heavy atom. The molecule has 2 unspecified atom stereocenters. The number of anilines is 1. The minimum absolute atomic E-state index is 0.187. The van der Waals surface area contributed by atoms with Crippen molar-refractivity contribution in [1.82, 2.24) is 0 Å². The number of benzene rings is 2. The maximum absolute atomic E-state index is 13.5. The molecule has 0 spiro atoms. The monoisotopic (exact) mass is 344 g/mol. The van der Waals surface area contributed by atoms with Crippen LogP contribution in [0.4, 0.5) is 5.69 Å². The molecule has 3 nitrogen and oxygen atoms in total.